The Bertz CT molecular complexity index is 1120. The largest absolute Gasteiger partial charge is 0.468 e. The third-order valence-corrected chi connectivity index (χ3v) is 6.82. The van der Waals surface area contributed by atoms with E-state index < -0.39 is 12.1 Å². The normalized spacial score (nSPS) is 21.4. The van der Waals surface area contributed by atoms with Crippen molar-refractivity contribution >= 4 is 23.6 Å². The number of fused-ring (bicyclic) bond motifs is 1. The van der Waals surface area contributed by atoms with E-state index in [0.29, 0.717) is 25.9 Å². The van der Waals surface area contributed by atoms with Crippen molar-refractivity contribution in [3.8, 4) is 0 Å². The zero-order chi connectivity index (χ0) is 25.5. The Morgan fingerprint density at radius 1 is 1.08 bits per heavy atom. The number of ether oxygens (including phenoxy) is 2. The maximum atomic E-state index is 12.8. The van der Waals surface area contributed by atoms with Crippen molar-refractivity contribution < 1.29 is 19.1 Å². The highest BCUT2D eigenvalue weighted by molar-refractivity contribution is 5.80. The highest BCUT2D eigenvalue weighted by Crippen LogP contribution is 2.42. The molecule has 2 heterocycles. The van der Waals surface area contributed by atoms with Gasteiger partial charge in [-0.15, -0.1) is 0 Å². The van der Waals surface area contributed by atoms with E-state index in [0.717, 1.165) is 28.8 Å². The van der Waals surface area contributed by atoms with Crippen LogP contribution in [0.2, 0.25) is 0 Å². The molecule has 0 aliphatic carbocycles. The molecule has 2 aliphatic rings. The summed E-state index contributed by atoms with van der Waals surface area (Å²) in [5, 5.41) is 2.97. The van der Waals surface area contributed by atoms with Gasteiger partial charge in [-0.2, -0.15) is 0 Å². The SMILES string of the molecule is COC(=O)C1C(CCN=C(N)N)CC2CC(c3ccccc3)=C(NC(=O)OCc3ccccc3)CN21. The van der Waals surface area contributed by atoms with Crippen LogP contribution in [0, 0.1) is 5.92 Å². The second-order valence-electron chi connectivity index (χ2n) is 9.10. The van der Waals surface area contributed by atoms with Gasteiger partial charge in [0.25, 0.3) is 0 Å². The molecule has 5 N–H and O–H groups in total. The molecule has 3 unspecified atom stereocenters. The summed E-state index contributed by atoms with van der Waals surface area (Å²) in [5.74, 6) is -0.220. The van der Waals surface area contributed by atoms with Gasteiger partial charge in [0.05, 0.1) is 7.11 Å². The summed E-state index contributed by atoms with van der Waals surface area (Å²) in [4.78, 5) is 31.9. The first-order chi connectivity index (χ1) is 17.5. The predicted octanol–water partition coefficient (Wildman–Crippen LogP) is 2.62. The maximum Gasteiger partial charge on any atom is 0.411 e. The lowest BCUT2D eigenvalue weighted by atomic mass is 9.90. The Kier molecular flexibility index (Phi) is 8.22. The van der Waals surface area contributed by atoms with Gasteiger partial charge >= 0.3 is 12.1 Å². The van der Waals surface area contributed by atoms with Crippen LogP contribution in [0.4, 0.5) is 4.79 Å². The predicted molar refractivity (Wildman–Crippen MR) is 137 cm³/mol. The lowest BCUT2D eigenvalue weighted by molar-refractivity contribution is -0.147. The van der Waals surface area contributed by atoms with Gasteiger partial charge in [-0.05, 0) is 41.9 Å². The van der Waals surface area contributed by atoms with E-state index in [4.69, 9.17) is 20.9 Å². The molecule has 1 amide bonds. The molecule has 1 saturated heterocycles. The van der Waals surface area contributed by atoms with Crippen LogP contribution in [0.3, 0.4) is 0 Å². The van der Waals surface area contributed by atoms with Gasteiger partial charge < -0.3 is 20.9 Å². The highest BCUT2D eigenvalue weighted by atomic mass is 16.5. The van der Waals surface area contributed by atoms with E-state index in [-0.39, 0.29) is 30.5 Å². The minimum absolute atomic E-state index is 0.0342. The highest BCUT2D eigenvalue weighted by Gasteiger charge is 2.48. The summed E-state index contributed by atoms with van der Waals surface area (Å²) in [6, 6.07) is 19.2. The van der Waals surface area contributed by atoms with Gasteiger partial charge in [-0.25, -0.2) is 4.79 Å². The van der Waals surface area contributed by atoms with Crippen LogP contribution in [-0.2, 0) is 20.9 Å². The number of methoxy groups -OCH3 is 1. The molecule has 0 aromatic heterocycles. The standard InChI is InChI=1S/C27H33N5O4/c1-35-25(33)24-20(12-13-30-26(28)29)14-21-15-22(19-10-6-3-7-11-19)23(16-32(21)24)31-27(34)36-17-18-8-4-2-5-9-18/h2-11,20-21,24H,12-17H2,1H3,(H,31,34)(H4,28,29,30). The Labute approximate surface area is 211 Å². The topological polar surface area (TPSA) is 132 Å². The first-order valence-electron chi connectivity index (χ1n) is 12.1. The van der Waals surface area contributed by atoms with E-state index in [9.17, 15) is 9.59 Å². The molecule has 2 aliphatic heterocycles. The molecular weight excluding hydrogens is 458 g/mol. The molecule has 2 aromatic carbocycles. The fraction of sp³-hybridized carbons (Fsp3) is 0.370. The van der Waals surface area contributed by atoms with E-state index in [1.54, 1.807) is 0 Å². The molecule has 190 valence electrons. The molecule has 2 aromatic rings. The monoisotopic (exact) mass is 491 g/mol. The Morgan fingerprint density at radius 3 is 2.44 bits per heavy atom. The number of nitrogens with one attached hydrogen (secondary N) is 1. The van der Waals surface area contributed by atoms with Crippen molar-refractivity contribution in [3.63, 3.8) is 0 Å². The molecule has 0 saturated carbocycles. The first-order valence-corrected chi connectivity index (χ1v) is 12.1. The molecule has 0 spiro atoms. The molecule has 3 atom stereocenters. The van der Waals surface area contributed by atoms with Crippen LogP contribution >= 0.6 is 0 Å². The summed E-state index contributed by atoms with van der Waals surface area (Å²) < 4.78 is 10.6. The number of nitrogens with two attached hydrogens (primary N) is 2. The van der Waals surface area contributed by atoms with E-state index in [2.05, 4.69) is 15.2 Å². The van der Waals surface area contributed by atoms with E-state index >= 15 is 0 Å². The molecule has 4 rings (SSSR count). The average molecular weight is 492 g/mol. The average Bonchev–Trinajstić information content (AvgIpc) is 3.24. The quantitative estimate of drug-likeness (QED) is 0.294. The smallest absolute Gasteiger partial charge is 0.411 e. The number of benzene rings is 2. The van der Waals surface area contributed by atoms with Gasteiger partial charge in [-0.1, -0.05) is 60.7 Å². The zero-order valence-corrected chi connectivity index (χ0v) is 20.4. The maximum absolute atomic E-state index is 12.8. The number of carbonyl (C=O) groups is 2. The van der Waals surface area contributed by atoms with Crippen molar-refractivity contribution in [2.45, 2.75) is 38.0 Å². The number of alkyl carbamates (subject to hydrolysis) is 1. The third-order valence-electron chi connectivity index (χ3n) is 6.82. The minimum Gasteiger partial charge on any atom is -0.468 e. The number of carbonyl (C=O) groups excluding carboxylic acids is 2. The minimum atomic E-state index is -0.529. The lowest BCUT2D eigenvalue weighted by Gasteiger charge is -2.36. The van der Waals surface area contributed by atoms with Crippen LogP contribution in [0.1, 0.15) is 30.4 Å². The molecule has 9 heteroatoms. The lowest BCUT2D eigenvalue weighted by Crippen LogP contribution is -2.48. The van der Waals surface area contributed by atoms with Gasteiger partial charge in [0.1, 0.15) is 12.6 Å². The number of amides is 1. The van der Waals surface area contributed by atoms with Crippen molar-refractivity contribution in [2.24, 2.45) is 22.4 Å². The van der Waals surface area contributed by atoms with Crippen LogP contribution in [0.5, 0.6) is 0 Å². The molecule has 9 nitrogen and oxygen atoms in total. The Hall–Kier alpha value is -3.85. The summed E-state index contributed by atoms with van der Waals surface area (Å²) in [6.07, 6.45) is 1.62. The van der Waals surface area contributed by atoms with Gasteiger partial charge in [0.2, 0.25) is 0 Å². The van der Waals surface area contributed by atoms with E-state index in [1.165, 1.54) is 7.11 Å². The summed E-state index contributed by atoms with van der Waals surface area (Å²) >= 11 is 0. The fourth-order valence-electron chi connectivity index (χ4n) is 5.19. The number of nitrogens with zero attached hydrogens (tertiary/aromatic N) is 2. The zero-order valence-electron chi connectivity index (χ0n) is 20.4. The summed E-state index contributed by atoms with van der Waals surface area (Å²) in [7, 11) is 1.40. The van der Waals surface area contributed by atoms with Crippen molar-refractivity contribution in [1.29, 1.82) is 0 Å². The third kappa shape index (κ3) is 6.04. The number of guanidine groups is 1. The van der Waals surface area contributed by atoms with Gasteiger partial charge in [0.15, 0.2) is 5.96 Å². The number of rotatable bonds is 8. The van der Waals surface area contributed by atoms with Crippen molar-refractivity contribution in [2.75, 3.05) is 20.2 Å². The van der Waals surface area contributed by atoms with Crippen LogP contribution in [0.15, 0.2) is 71.4 Å². The second-order valence-corrected chi connectivity index (χ2v) is 9.10. The van der Waals surface area contributed by atoms with Crippen molar-refractivity contribution in [3.05, 3.63) is 77.5 Å². The van der Waals surface area contributed by atoms with Gasteiger partial charge in [0, 0.05) is 24.8 Å². The number of esters is 1. The number of hydrogen-bond acceptors (Lipinski definition) is 6. The van der Waals surface area contributed by atoms with Crippen molar-refractivity contribution in [1.82, 2.24) is 10.2 Å². The number of aliphatic imine (C=N–C) groups is 1. The van der Waals surface area contributed by atoms with E-state index in [1.807, 2.05) is 60.7 Å². The molecular formula is C27H33N5O4. The summed E-state index contributed by atoms with van der Waals surface area (Å²) in [5.41, 5.74) is 14.7. The number of hydrogen-bond donors (Lipinski definition) is 3. The molecule has 0 radical (unpaired) electrons. The molecule has 1 fully saturated rings. The first kappa shape index (κ1) is 25.2. The Morgan fingerprint density at radius 2 is 1.78 bits per heavy atom. The summed E-state index contributed by atoms with van der Waals surface area (Å²) in [6.45, 7) is 1.01. The second kappa shape index (κ2) is 11.7. The molecule has 36 heavy (non-hydrogen) atoms. The van der Waals surface area contributed by atoms with Gasteiger partial charge in [-0.3, -0.25) is 20.0 Å². The fourth-order valence-corrected chi connectivity index (χ4v) is 5.19. The Balaban J connectivity index is 1.56. The van der Waals surface area contributed by atoms with Crippen LogP contribution < -0.4 is 16.8 Å². The van der Waals surface area contributed by atoms with Crippen LogP contribution in [0.25, 0.3) is 5.57 Å². The van der Waals surface area contributed by atoms with Crippen LogP contribution in [-0.4, -0.2) is 55.2 Å². The molecule has 0 bridgehead atoms.